The van der Waals surface area contributed by atoms with Crippen molar-refractivity contribution < 1.29 is 45.0 Å². The molecule has 198 valence electrons. The average molecular weight is 507 g/mol. The summed E-state index contributed by atoms with van der Waals surface area (Å²) in [6, 6.07) is 1.21. The number of ketones is 2. The van der Waals surface area contributed by atoms with E-state index in [1.54, 1.807) is 20.8 Å². The van der Waals surface area contributed by atoms with Crippen molar-refractivity contribution >= 4 is 23.2 Å². The first-order valence-electron chi connectivity index (χ1n) is 11.9. The fourth-order valence-corrected chi connectivity index (χ4v) is 7.82. The highest BCUT2D eigenvalue weighted by Crippen LogP contribution is 2.68. The molecule has 0 heterocycles. The maximum atomic E-state index is 13.8. The molecule has 0 saturated heterocycles. The molecular formula is C25H34N2O9. The van der Waals surface area contributed by atoms with Crippen molar-refractivity contribution in [3.8, 4) is 11.5 Å². The highest BCUT2D eigenvalue weighted by Gasteiger charge is 2.80. The molecule has 11 nitrogen and oxygen atoms in total. The number of phenolic OH excluding ortho intramolecular Hbond substituents is 2. The van der Waals surface area contributed by atoms with Crippen LogP contribution in [0.5, 0.6) is 11.5 Å². The molecule has 10 atom stereocenters. The van der Waals surface area contributed by atoms with Gasteiger partial charge >= 0.3 is 0 Å². The molecule has 4 rings (SSSR count). The number of hydrogen-bond donors (Lipinski definition) is 8. The lowest BCUT2D eigenvalue weighted by atomic mass is 9.36. The van der Waals surface area contributed by atoms with Gasteiger partial charge in [-0.05, 0) is 29.4 Å². The van der Waals surface area contributed by atoms with Crippen LogP contribution in [0.25, 0.3) is 0 Å². The normalized spacial score (nSPS) is 44.1. The van der Waals surface area contributed by atoms with Crippen molar-refractivity contribution in [3.05, 3.63) is 17.2 Å². The zero-order valence-electron chi connectivity index (χ0n) is 20.8. The van der Waals surface area contributed by atoms with Crippen LogP contribution in [-0.4, -0.2) is 72.0 Å². The fraction of sp³-hybridized carbons (Fsp3) is 0.640. The predicted octanol–water partition coefficient (Wildman–Crippen LogP) is -0.608. The minimum Gasteiger partial charge on any atom is -0.506 e. The van der Waals surface area contributed by atoms with E-state index in [0.29, 0.717) is 0 Å². The van der Waals surface area contributed by atoms with E-state index < -0.39 is 99.0 Å². The summed E-state index contributed by atoms with van der Waals surface area (Å²) >= 11 is 0. The van der Waals surface area contributed by atoms with Crippen LogP contribution >= 0.6 is 0 Å². The summed E-state index contributed by atoms with van der Waals surface area (Å²) in [6.07, 6.45) is -5.49. The Labute approximate surface area is 207 Å². The van der Waals surface area contributed by atoms with Crippen LogP contribution in [0.2, 0.25) is 0 Å². The largest absolute Gasteiger partial charge is 0.506 e. The summed E-state index contributed by atoms with van der Waals surface area (Å²) in [5.41, 5.74) is 4.22. The molecule has 1 aromatic rings. The Bertz CT molecular complexity index is 1180. The van der Waals surface area contributed by atoms with Crippen molar-refractivity contribution in [1.29, 1.82) is 0 Å². The number of amides is 1. The second-order valence-electron chi connectivity index (χ2n) is 11.5. The molecule has 3 aliphatic carbocycles. The Balaban J connectivity index is 2.07. The molecule has 0 bridgehead atoms. The van der Waals surface area contributed by atoms with Crippen LogP contribution in [-0.2, 0) is 9.59 Å². The molecule has 0 spiro atoms. The van der Waals surface area contributed by atoms with Crippen LogP contribution in [0.15, 0.2) is 6.07 Å². The van der Waals surface area contributed by atoms with Crippen LogP contribution in [0, 0.1) is 34.5 Å². The third kappa shape index (κ3) is 2.64. The number of aliphatic hydroxyl groups is 4. The van der Waals surface area contributed by atoms with Gasteiger partial charge in [0, 0.05) is 10.8 Å². The van der Waals surface area contributed by atoms with E-state index in [4.69, 9.17) is 11.5 Å². The van der Waals surface area contributed by atoms with Gasteiger partial charge in [0.1, 0.15) is 23.5 Å². The van der Waals surface area contributed by atoms with E-state index in [0.717, 1.165) is 0 Å². The lowest BCUT2D eigenvalue weighted by Crippen LogP contribution is -2.83. The Morgan fingerprint density at radius 3 is 2.17 bits per heavy atom. The Morgan fingerprint density at radius 2 is 1.67 bits per heavy atom. The maximum Gasteiger partial charge on any atom is 0.230 e. The van der Waals surface area contributed by atoms with E-state index >= 15 is 0 Å². The maximum absolute atomic E-state index is 13.8. The smallest absolute Gasteiger partial charge is 0.230 e. The first kappa shape index (κ1) is 26.3. The van der Waals surface area contributed by atoms with Gasteiger partial charge in [0.2, 0.25) is 5.91 Å². The van der Waals surface area contributed by atoms with Crippen molar-refractivity contribution in [1.82, 2.24) is 0 Å². The topological polar surface area (TPSA) is 225 Å². The summed E-state index contributed by atoms with van der Waals surface area (Å²) in [5.74, 6) is -10.5. The van der Waals surface area contributed by atoms with E-state index in [1.165, 1.54) is 19.9 Å². The molecule has 0 aliphatic heterocycles. The minimum atomic E-state index is -2.85. The number of carbonyl (C=O) groups is 3. The lowest BCUT2D eigenvalue weighted by Gasteiger charge is -2.69. The number of nitrogen functional groups attached to an aromatic ring is 1. The number of benzene rings is 1. The van der Waals surface area contributed by atoms with Crippen molar-refractivity contribution in [3.63, 3.8) is 0 Å². The monoisotopic (exact) mass is 506 g/mol. The van der Waals surface area contributed by atoms with Crippen LogP contribution < -0.4 is 11.5 Å². The molecular weight excluding hydrogens is 472 g/mol. The first-order chi connectivity index (χ1) is 16.4. The Kier molecular flexibility index (Phi) is 5.59. The number of nitrogens with two attached hydrogens (primary N) is 2. The lowest BCUT2D eigenvalue weighted by molar-refractivity contribution is -0.306. The Morgan fingerprint density at radius 1 is 1.11 bits per heavy atom. The SMILES string of the molecule is CC(C)[C@H]1C(O)[C@@H](C(N)=O)C(=O)[C@]2(O)C(O)[C@H]3C(=O)c4c(cc(O)c(N)c4O)[C@@H](C)[C@]3(C)[C@@H](O)[C@]12C. The standard InChI is InChI=1S/C25H34N2O9/c1-7(2)13-17(30)12(21(27)34)19(32)25(36)20(33)14-16(29)11-9(6-10(28)15(26)18(11)31)8(3)23(14,4)22(35)24(13,25)5/h6-8,12-14,17,20,22,28,30-31,33,35-36H,26H2,1-5H3,(H2,27,34)/t8-,12-,13+,14-,17?,20?,22-,23+,24+,25+/m1/s1. The molecule has 36 heavy (non-hydrogen) atoms. The number of aromatic hydroxyl groups is 2. The van der Waals surface area contributed by atoms with Gasteiger partial charge in [-0.3, -0.25) is 14.4 Å². The van der Waals surface area contributed by atoms with Crippen molar-refractivity contribution in [2.24, 2.45) is 40.2 Å². The van der Waals surface area contributed by atoms with Crippen LogP contribution in [0.3, 0.4) is 0 Å². The summed E-state index contributed by atoms with van der Waals surface area (Å²) in [7, 11) is 0. The summed E-state index contributed by atoms with van der Waals surface area (Å²) in [5, 5.41) is 67.8. The third-order valence-electron chi connectivity index (χ3n) is 9.75. The summed E-state index contributed by atoms with van der Waals surface area (Å²) in [4.78, 5) is 39.7. The molecule has 0 radical (unpaired) electrons. The number of hydrogen-bond acceptors (Lipinski definition) is 10. The highest BCUT2D eigenvalue weighted by molar-refractivity contribution is 6.10. The number of anilines is 1. The van der Waals surface area contributed by atoms with Gasteiger partial charge in [-0.25, -0.2) is 0 Å². The van der Waals surface area contributed by atoms with Crippen LogP contribution in [0.4, 0.5) is 5.69 Å². The molecule has 11 heteroatoms. The highest BCUT2D eigenvalue weighted by atomic mass is 16.4. The zero-order valence-corrected chi connectivity index (χ0v) is 20.8. The fourth-order valence-electron chi connectivity index (χ4n) is 7.82. The molecule has 10 N–H and O–H groups in total. The van der Waals surface area contributed by atoms with Gasteiger partial charge in [0.15, 0.2) is 22.9 Å². The van der Waals surface area contributed by atoms with E-state index in [9.17, 15) is 45.0 Å². The van der Waals surface area contributed by atoms with Gasteiger partial charge in [0.05, 0.1) is 23.7 Å². The Hall–Kier alpha value is -2.73. The number of fused-ring (bicyclic) bond motifs is 3. The molecule has 1 amide bonds. The van der Waals surface area contributed by atoms with E-state index in [-0.39, 0.29) is 11.1 Å². The number of carbonyl (C=O) groups excluding carboxylic acids is 3. The quantitative estimate of drug-likeness (QED) is 0.144. The number of Topliss-reactive ketones (excluding diaryl/α,β-unsaturated/α-hetero) is 2. The van der Waals surface area contributed by atoms with Crippen molar-refractivity contribution in [2.45, 2.75) is 64.4 Å². The third-order valence-corrected chi connectivity index (χ3v) is 9.75. The van der Waals surface area contributed by atoms with Gasteiger partial charge in [-0.15, -0.1) is 0 Å². The van der Waals surface area contributed by atoms with Gasteiger partial charge in [0.25, 0.3) is 0 Å². The molecule has 1 aromatic carbocycles. The molecule has 2 fully saturated rings. The number of phenols is 2. The summed E-state index contributed by atoms with van der Waals surface area (Å²) in [6.45, 7) is 7.83. The second-order valence-corrected chi connectivity index (χ2v) is 11.5. The van der Waals surface area contributed by atoms with Crippen LogP contribution in [0.1, 0.15) is 56.5 Å². The molecule has 3 aliphatic rings. The minimum absolute atomic E-state index is 0.169. The number of rotatable bonds is 2. The molecule has 2 unspecified atom stereocenters. The van der Waals surface area contributed by atoms with E-state index in [2.05, 4.69) is 0 Å². The first-order valence-corrected chi connectivity index (χ1v) is 11.9. The second kappa shape index (κ2) is 7.64. The van der Waals surface area contributed by atoms with Crippen molar-refractivity contribution in [2.75, 3.05) is 5.73 Å². The average Bonchev–Trinajstić information content (AvgIpc) is 2.77. The summed E-state index contributed by atoms with van der Waals surface area (Å²) < 4.78 is 0. The number of primary amides is 1. The molecule has 2 saturated carbocycles. The van der Waals surface area contributed by atoms with Gasteiger partial charge in [-0.2, -0.15) is 0 Å². The van der Waals surface area contributed by atoms with E-state index in [1.807, 2.05) is 0 Å². The van der Waals surface area contributed by atoms with Gasteiger partial charge in [-0.1, -0.05) is 34.6 Å². The number of aliphatic hydroxyl groups excluding tert-OH is 3. The molecule has 0 aromatic heterocycles. The van der Waals surface area contributed by atoms with Gasteiger partial charge < -0.3 is 42.1 Å². The predicted molar refractivity (Wildman–Crippen MR) is 126 cm³/mol. The zero-order chi connectivity index (χ0) is 27.4.